The molecule has 2 saturated heterocycles. The normalized spacial score (nSPS) is 22.2. The van der Waals surface area contributed by atoms with E-state index < -0.39 is 28.7 Å². The maximum Gasteiger partial charge on any atom is 0.491 e. The Morgan fingerprint density at radius 1 is 1.48 bits per heavy atom. The number of carbonyl (C=O) groups is 1. The minimum atomic E-state index is -5.08. The molecule has 2 fully saturated rings. The smallest absolute Gasteiger partial charge is 0.434 e. The summed E-state index contributed by atoms with van der Waals surface area (Å²) in [6, 6.07) is 2.50. The van der Waals surface area contributed by atoms with Crippen molar-refractivity contribution in [3.8, 4) is 0 Å². The Morgan fingerprint density at radius 2 is 2.17 bits per heavy atom. The van der Waals surface area contributed by atoms with Gasteiger partial charge in [0.25, 0.3) is 0 Å². The van der Waals surface area contributed by atoms with Gasteiger partial charge in [0, 0.05) is 25.7 Å². The second-order valence-electron chi connectivity index (χ2n) is 5.48. The van der Waals surface area contributed by atoms with Crippen LogP contribution in [0, 0.1) is 15.5 Å². The van der Waals surface area contributed by atoms with E-state index >= 15 is 0 Å². The van der Waals surface area contributed by atoms with Gasteiger partial charge < -0.3 is 25.1 Å². The number of anilines is 1. The maximum atomic E-state index is 12.4. The number of nitrogens with zero attached hydrogens (tertiary/aromatic N) is 3. The van der Waals surface area contributed by atoms with Gasteiger partial charge in [0.05, 0.1) is 11.1 Å². The number of ether oxygens (including phenoxy) is 1. The highest BCUT2D eigenvalue weighted by Crippen LogP contribution is 2.45. The van der Waals surface area contributed by atoms with Crippen LogP contribution >= 0.6 is 0 Å². The lowest BCUT2D eigenvalue weighted by Gasteiger charge is -2.61. The highest BCUT2D eigenvalue weighted by Gasteiger charge is 2.60. The number of hydrogen-bond acceptors (Lipinski definition) is 7. The summed E-state index contributed by atoms with van der Waals surface area (Å²) in [5.41, 5.74) is -0.212. The van der Waals surface area contributed by atoms with Crippen LogP contribution in [0.5, 0.6) is 0 Å². The molecule has 8 nitrogen and oxygen atoms in total. The molecule has 0 bridgehead atoms. The molecule has 3 heterocycles. The van der Waals surface area contributed by atoms with Crippen LogP contribution in [-0.4, -0.2) is 47.9 Å². The third kappa shape index (κ3) is 2.56. The van der Waals surface area contributed by atoms with E-state index in [4.69, 9.17) is 0 Å². The van der Waals surface area contributed by atoms with Gasteiger partial charge in [-0.15, -0.1) is 0 Å². The molecule has 11 heteroatoms. The van der Waals surface area contributed by atoms with Crippen molar-refractivity contribution in [1.82, 2.24) is 10.3 Å². The van der Waals surface area contributed by atoms with Gasteiger partial charge in [-0.05, 0) is 16.0 Å². The molecule has 2 aliphatic heterocycles. The van der Waals surface area contributed by atoms with Crippen LogP contribution < -0.4 is 10.2 Å². The average Bonchev–Trinajstić information content (AvgIpc) is 2.41. The Bertz CT molecular complexity index is 645. The van der Waals surface area contributed by atoms with Crippen LogP contribution in [0.2, 0.25) is 0 Å². The van der Waals surface area contributed by atoms with E-state index in [2.05, 4.69) is 15.0 Å². The van der Waals surface area contributed by atoms with E-state index in [-0.39, 0.29) is 5.82 Å². The molecule has 0 radical (unpaired) electrons. The van der Waals surface area contributed by atoms with E-state index in [0.29, 0.717) is 25.3 Å². The lowest BCUT2D eigenvalue weighted by atomic mass is 9.72. The van der Waals surface area contributed by atoms with Crippen molar-refractivity contribution in [3.63, 3.8) is 0 Å². The molecule has 1 aromatic rings. The largest absolute Gasteiger partial charge is 0.491 e. The summed E-state index contributed by atoms with van der Waals surface area (Å²) in [4.78, 5) is 26.1. The number of hydrogen-bond donors (Lipinski definition) is 1. The van der Waals surface area contributed by atoms with Crippen LogP contribution in [0.25, 0.3) is 0 Å². The molecule has 3 rings (SSSR count). The molecule has 0 aliphatic carbocycles. The predicted molar refractivity (Wildman–Crippen MR) is 69.5 cm³/mol. The zero-order valence-corrected chi connectivity index (χ0v) is 11.5. The molecule has 1 N–H and O–H groups in total. The van der Waals surface area contributed by atoms with Crippen LogP contribution in [0.1, 0.15) is 0 Å². The van der Waals surface area contributed by atoms with Gasteiger partial charge in [-0.3, -0.25) is 0 Å². The van der Waals surface area contributed by atoms with E-state index in [1.807, 2.05) is 0 Å². The Balaban J connectivity index is 1.79. The number of esters is 1. The first kappa shape index (κ1) is 15.5. The fourth-order valence-electron chi connectivity index (χ4n) is 2.69. The Kier molecular flexibility index (Phi) is 3.39. The summed E-state index contributed by atoms with van der Waals surface area (Å²) in [6.07, 6.45) is -4.99. The summed E-state index contributed by atoms with van der Waals surface area (Å²) >= 11 is 0. The first-order valence-electron chi connectivity index (χ1n) is 6.59. The highest BCUT2D eigenvalue weighted by atomic mass is 19.4. The first-order chi connectivity index (χ1) is 10.7. The van der Waals surface area contributed by atoms with Gasteiger partial charge in [-0.25, -0.2) is 4.79 Å². The molecule has 0 amide bonds. The Labute approximate surface area is 127 Å². The topological polar surface area (TPSA) is 97.6 Å². The molecule has 1 atom stereocenters. The molecular weight excluding hydrogens is 321 g/mol. The first-order valence-corrected chi connectivity index (χ1v) is 6.59. The molecule has 1 aromatic heterocycles. The monoisotopic (exact) mass is 332 g/mol. The highest BCUT2D eigenvalue weighted by molar-refractivity contribution is 5.76. The molecule has 2 aliphatic rings. The van der Waals surface area contributed by atoms with E-state index in [1.54, 1.807) is 0 Å². The second-order valence-corrected chi connectivity index (χ2v) is 5.48. The Morgan fingerprint density at radius 3 is 2.61 bits per heavy atom. The predicted octanol–water partition coefficient (Wildman–Crippen LogP) is 0.831. The molecular formula is C12H11F3N4O4. The second kappa shape index (κ2) is 5.05. The summed E-state index contributed by atoms with van der Waals surface area (Å²) in [6.45, 7) is 1.23. The molecule has 124 valence electrons. The number of halogens is 3. The number of rotatable bonds is 3. The lowest BCUT2D eigenvalue weighted by molar-refractivity contribution is -0.389. The van der Waals surface area contributed by atoms with Crippen LogP contribution in [-0.2, 0) is 9.53 Å². The van der Waals surface area contributed by atoms with Gasteiger partial charge in [-0.2, -0.15) is 13.2 Å². The summed E-state index contributed by atoms with van der Waals surface area (Å²) in [5, 5.41) is 13.5. The molecule has 0 aromatic carbocycles. The van der Waals surface area contributed by atoms with Crippen molar-refractivity contribution in [2.24, 2.45) is 5.41 Å². The molecule has 1 unspecified atom stereocenters. The molecule has 23 heavy (non-hydrogen) atoms. The minimum absolute atomic E-state index is 0.355. The number of carbonyl (C=O) groups excluding carboxylic acids is 1. The average molecular weight is 332 g/mol. The van der Waals surface area contributed by atoms with Gasteiger partial charge in [-0.1, -0.05) is 0 Å². The summed E-state index contributed by atoms with van der Waals surface area (Å²) < 4.78 is 41.9. The molecule has 0 saturated carbocycles. The van der Waals surface area contributed by atoms with Gasteiger partial charge in [0.1, 0.15) is 0 Å². The standard InChI is InChI=1S/C12H11F3N4O4/c13-12(14,15)10(20)23-9-11(4-16-5-11)6-18(9)7-1-2-8(17-3-7)19(21)22/h1-3,9,16H,4-6H2. The number of pyridine rings is 1. The zero-order chi connectivity index (χ0) is 16.8. The van der Waals surface area contributed by atoms with E-state index in [0.717, 1.165) is 6.07 Å². The molecule has 1 spiro atoms. The number of nitrogens with one attached hydrogen (secondary N) is 1. The number of aromatic nitrogens is 1. The minimum Gasteiger partial charge on any atom is -0.434 e. The quantitative estimate of drug-likeness (QED) is 0.497. The van der Waals surface area contributed by atoms with Crippen molar-refractivity contribution < 1.29 is 27.6 Å². The van der Waals surface area contributed by atoms with Crippen molar-refractivity contribution in [1.29, 1.82) is 0 Å². The van der Waals surface area contributed by atoms with Crippen molar-refractivity contribution >= 4 is 17.5 Å². The fourth-order valence-corrected chi connectivity index (χ4v) is 2.69. The third-order valence-corrected chi connectivity index (χ3v) is 3.95. The van der Waals surface area contributed by atoms with Gasteiger partial charge in [0.2, 0.25) is 0 Å². The van der Waals surface area contributed by atoms with Crippen molar-refractivity contribution in [3.05, 3.63) is 28.4 Å². The van der Waals surface area contributed by atoms with Gasteiger partial charge in [0.15, 0.2) is 12.4 Å². The third-order valence-electron chi connectivity index (χ3n) is 3.95. The van der Waals surface area contributed by atoms with Crippen molar-refractivity contribution in [2.45, 2.75) is 12.4 Å². The number of nitro groups is 1. The SMILES string of the molecule is O=C(OC1N(c2ccc([N+](=O)[O-])nc2)CC12CNC2)C(F)(F)F. The summed E-state index contributed by atoms with van der Waals surface area (Å²) in [7, 11) is 0. The van der Waals surface area contributed by atoms with Crippen LogP contribution in [0.3, 0.4) is 0 Å². The summed E-state index contributed by atoms with van der Waals surface area (Å²) in [5.74, 6) is -2.63. The maximum absolute atomic E-state index is 12.4. The number of alkyl halides is 3. The van der Waals surface area contributed by atoms with Crippen LogP contribution in [0.4, 0.5) is 24.7 Å². The van der Waals surface area contributed by atoms with E-state index in [9.17, 15) is 28.1 Å². The lowest BCUT2D eigenvalue weighted by Crippen LogP contribution is -2.78. The Hall–Kier alpha value is -2.43. The van der Waals surface area contributed by atoms with E-state index in [1.165, 1.54) is 17.2 Å². The van der Waals surface area contributed by atoms with Gasteiger partial charge >= 0.3 is 18.0 Å². The zero-order valence-electron chi connectivity index (χ0n) is 11.5. The van der Waals surface area contributed by atoms with Crippen molar-refractivity contribution in [2.75, 3.05) is 24.5 Å². The van der Waals surface area contributed by atoms with Crippen LogP contribution in [0.15, 0.2) is 18.3 Å². The fraction of sp³-hybridized carbons (Fsp3) is 0.500.